The first-order valence-electron chi connectivity index (χ1n) is 21.6. The molecule has 0 aliphatic rings. The molecule has 0 atom stereocenters. The summed E-state index contributed by atoms with van der Waals surface area (Å²) < 4.78 is 2.37. The van der Waals surface area contributed by atoms with Crippen LogP contribution in [0.5, 0.6) is 5.75 Å². The van der Waals surface area contributed by atoms with Crippen molar-refractivity contribution in [3.05, 3.63) is 181 Å². The van der Waals surface area contributed by atoms with Gasteiger partial charge in [-0.25, -0.2) is 0 Å². The summed E-state index contributed by atoms with van der Waals surface area (Å²) in [6.07, 6.45) is 1.90. The van der Waals surface area contributed by atoms with Crippen LogP contribution in [0, 0.1) is 6.07 Å². The molecule has 6 aromatic carbocycles. The second-order valence-electron chi connectivity index (χ2n) is 19.7. The first-order chi connectivity index (χ1) is 29.5. The van der Waals surface area contributed by atoms with Crippen LogP contribution in [-0.2, 0) is 37.3 Å². The van der Waals surface area contributed by atoms with Crippen molar-refractivity contribution >= 4 is 21.8 Å². The fourth-order valence-corrected chi connectivity index (χ4v) is 8.60. The van der Waals surface area contributed by atoms with Gasteiger partial charge in [0, 0.05) is 66.2 Å². The minimum absolute atomic E-state index is 0. The van der Waals surface area contributed by atoms with Crippen molar-refractivity contribution < 1.29 is 26.2 Å². The molecule has 0 radical (unpaired) electrons. The molecule has 0 fully saturated rings. The van der Waals surface area contributed by atoms with Crippen LogP contribution in [0.15, 0.2) is 158 Å². The molecular formula is C58H54N3OPt-. The minimum Gasteiger partial charge on any atom is -0.507 e. The van der Waals surface area contributed by atoms with Crippen molar-refractivity contribution in [3.63, 3.8) is 0 Å². The summed E-state index contributed by atoms with van der Waals surface area (Å²) in [4.78, 5) is 10.2. The third kappa shape index (κ3) is 8.42. The predicted molar refractivity (Wildman–Crippen MR) is 260 cm³/mol. The number of aromatic hydroxyl groups is 1. The number of hydrogen-bond donors (Lipinski definition) is 1. The zero-order chi connectivity index (χ0) is 43.6. The molecule has 4 nitrogen and oxygen atoms in total. The van der Waals surface area contributed by atoms with Crippen molar-refractivity contribution in [2.24, 2.45) is 0 Å². The van der Waals surface area contributed by atoms with E-state index in [9.17, 15) is 5.11 Å². The van der Waals surface area contributed by atoms with Gasteiger partial charge in [-0.2, -0.15) is 0 Å². The number of pyridine rings is 2. The number of para-hydroxylation sites is 4. The summed E-state index contributed by atoms with van der Waals surface area (Å²) in [5, 5.41) is 14.3. The second-order valence-corrected chi connectivity index (χ2v) is 19.7. The van der Waals surface area contributed by atoms with E-state index in [0.717, 1.165) is 61.5 Å². The molecule has 5 heteroatoms. The molecule has 0 aliphatic heterocycles. The van der Waals surface area contributed by atoms with Gasteiger partial charge in [-0.1, -0.05) is 171 Å². The Bertz CT molecular complexity index is 3110. The number of hydrogen-bond acceptors (Lipinski definition) is 3. The number of rotatable bonds is 6. The average molecular weight is 1000 g/mol. The summed E-state index contributed by atoms with van der Waals surface area (Å²) >= 11 is 0. The third-order valence-corrected chi connectivity index (χ3v) is 12.1. The molecule has 318 valence electrons. The predicted octanol–water partition coefficient (Wildman–Crippen LogP) is 15.3. The van der Waals surface area contributed by atoms with Crippen LogP contribution in [0.4, 0.5) is 0 Å². The first-order valence-corrected chi connectivity index (χ1v) is 21.6. The Labute approximate surface area is 387 Å². The second kappa shape index (κ2) is 16.6. The Morgan fingerprint density at radius 3 is 1.76 bits per heavy atom. The minimum atomic E-state index is -0.253. The normalized spacial score (nSPS) is 12.1. The zero-order valence-corrected chi connectivity index (χ0v) is 39.9. The van der Waals surface area contributed by atoms with E-state index in [2.05, 4.69) is 206 Å². The van der Waals surface area contributed by atoms with Gasteiger partial charge < -0.3 is 9.67 Å². The maximum atomic E-state index is 11.8. The van der Waals surface area contributed by atoms with Crippen LogP contribution in [0.3, 0.4) is 0 Å². The molecule has 9 rings (SSSR count). The molecule has 9 aromatic rings. The Balaban J connectivity index is 0.00000544. The fraction of sp³-hybridized carbons (Fsp3) is 0.207. The fourth-order valence-electron chi connectivity index (χ4n) is 8.60. The van der Waals surface area contributed by atoms with Gasteiger partial charge in [-0.05, 0) is 86.0 Å². The molecular weight excluding hydrogens is 950 g/mol. The number of benzene rings is 6. The molecule has 0 spiro atoms. The van der Waals surface area contributed by atoms with E-state index in [0.29, 0.717) is 11.3 Å². The summed E-state index contributed by atoms with van der Waals surface area (Å²) in [7, 11) is 0. The van der Waals surface area contributed by atoms with Crippen LogP contribution in [0.25, 0.3) is 83.5 Å². The van der Waals surface area contributed by atoms with Crippen molar-refractivity contribution in [1.29, 1.82) is 0 Å². The van der Waals surface area contributed by atoms with Gasteiger partial charge >= 0.3 is 0 Å². The van der Waals surface area contributed by atoms with Gasteiger partial charge in [0.2, 0.25) is 0 Å². The van der Waals surface area contributed by atoms with Crippen molar-refractivity contribution in [1.82, 2.24) is 14.5 Å². The maximum absolute atomic E-state index is 11.8. The molecule has 0 bridgehead atoms. The Hall–Kier alpha value is -6.09. The third-order valence-electron chi connectivity index (χ3n) is 12.1. The molecule has 0 aliphatic carbocycles. The molecule has 1 N–H and O–H groups in total. The number of nitrogens with zero attached hydrogens (tertiary/aromatic N) is 3. The van der Waals surface area contributed by atoms with Crippen LogP contribution < -0.4 is 0 Å². The van der Waals surface area contributed by atoms with Crippen molar-refractivity contribution in [3.8, 4) is 67.5 Å². The van der Waals surface area contributed by atoms with E-state index < -0.39 is 0 Å². The van der Waals surface area contributed by atoms with Crippen molar-refractivity contribution in [2.75, 3.05) is 0 Å². The molecule has 0 unspecified atom stereocenters. The van der Waals surface area contributed by atoms with Crippen LogP contribution in [0.2, 0.25) is 0 Å². The van der Waals surface area contributed by atoms with E-state index in [1.54, 1.807) is 0 Å². The van der Waals surface area contributed by atoms with E-state index in [1.165, 1.54) is 27.4 Å². The van der Waals surface area contributed by atoms with Crippen molar-refractivity contribution in [2.45, 2.75) is 78.6 Å². The van der Waals surface area contributed by atoms with Gasteiger partial charge in [0.05, 0.1) is 16.7 Å². The maximum Gasteiger partial charge on any atom is 0.128 e. The SMILES string of the molecule is CC(C)(C)c1cc(-c2cc(-c3[c-]c(-c4cc(-c5cccc6c7ccccc7n(-c7ccccc7)c56)ccn4)ccc3)nc(-c3cccc(C(C)(C)C)c3O)c2)cc(C(C)(C)C)c1.[Pt]. The molecule has 3 heterocycles. The van der Waals surface area contributed by atoms with Crippen LogP contribution in [-0.4, -0.2) is 19.6 Å². The Morgan fingerprint density at radius 2 is 1.06 bits per heavy atom. The summed E-state index contributed by atoms with van der Waals surface area (Å²) in [5.41, 5.74) is 15.6. The van der Waals surface area contributed by atoms with Gasteiger partial charge in [-0.15, -0.1) is 24.3 Å². The van der Waals surface area contributed by atoms with Gasteiger partial charge in [0.25, 0.3) is 0 Å². The standard InChI is InChI=1S/C58H54N3O.Pt/c1-56(2,3)42-31-40(32-43(36-42)57(4,5)6)41-34-51(60-52(35-41)48-25-17-26-49(55(48)62)58(7,8)9)39-19-15-18-38(30-39)50-33-37(28-29-59-50)45-23-16-24-47-46-22-13-14-27-53(46)61(54(45)47)44-20-11-10-12-21-44;/h10-29,31-36,62H,1-9H3;/q-1;. The number of phenols is 1. The van der Waals surface area contributed by atoms with Gasteiger partial charge in [-0.3, -0.25) is 9.97 Å². The van der Waals surface area contributed by atoms with Gasteiger partial charge in [0.1, 0.15) is 5.75 Å². The molecule has 3 aromatic heterocycles. The average Bonchev–Trinajstić information content (AvgIpc) is 3.60. The van der Waals surface area contributed by atoms with Crippen LogP contribution in [0.1, 0.15) is 79.0 Å². The Morgan fingerprint density at radius 1 is 0.492 bits per heavy atom. The number of fused-ring (bicyclic) bond motifs is 3. The largest absolute Gasteiger partial charge is 0.507 e. The van der Waals surface area contributed by atoms with E-state index in [1.807, 2.05) is 24.4 Å². The molecule has 0 saturated carbocycles. The topological polar surface area (TPSA) is 50.9 Å². The number of phenolic OH excluding ortho intramolecular Hbond substituents is 1. The molecule has 63 heavy (non-hydrogen) atoms. The summed E-state index contributed by atoms with van der Waals surface area (Å²) in [6, 6.07) is 57.3. The quantitative estimate of drug-likeness (QED) is 0.169. The van der Waals surface area contributed by atoms with Gasteiger partial charge in [0.15, 0.2) is 0 Å². The molecule has 0 amide bonds. The smallest absolute Gasteiger partial charge is 0.128 e. The zero-order valence-electron chi connectivity index (χ0n) is 37.6. The first kappa shape index (κ1) is 43.6. The van der Waals surface area contributed by atoms with E-state index >= 15 is 0 Å². The van der Waals surface area contributed by atoms with E-state index in [-0.39, 0.29) is 43.1 Å². The summed E-state index contributed by atoms with van der Waals surface area (Å²) in [5.74, 6) is 0.259. The Kier molecular flexibility index (Phi) is 11.4. The summed E-state index contributed by atoms with van der Waals surface area (Å²) in [6.45, 7) is 20.0. The van der Waals surface area contributed by atoms with Crippen LogP contribution >= 0.6 is 0 Å². The number of aromatic nitrogens is 3. The molecule has 0 saturated heterocycles. The van der Waals surface area contributed by atoms with E-state index in [4.69, 9.17) is 9.97 Å². The monoisotopic (exact) mass is 1000 g/mol.